The summed E-state index contributed by atoms with van der Waals surface area (Å²) in [7, 11) is 0. The van der Waals surface area contributed by atoms with Crippen LogP contribution in [0.15, 0.2) is 0 Å². The molecule has 0 bridgehead atoms. The molecule has 0 unspecified atom stereocenters. The minimum absolute atomic E-state index is 0. The number of hydrogen-bond acceptors (Lipinski definition) is 2. The molecule has 0 aliphatic carbocycles. The molecule has 6 nitrogen and oxygen atoms in total. The maximum atomic E-state index is 11.6. The van der Waals surface area contributed by atoms with Crippen molar-refractivity contribution in [2.45, 2.75) is 39.0 Å². The third-order valence-electron chi connectivity index (χ3n) is 1.91. The van der Waals surface area contributed by atoms with Gasteiger partial charge in [-0.1, -0.05) is 0 Å². The SMILES string of the molecule is CCOC(=[OH+])CC(=[OH+])C(F)(F)F.CCOC(=[OH+])CC(=[OH+])C(F)(F)F.[Ni]. The van der Waals surface area contributed by atoms with E-state index in [1.165, 1.54) is 13.8 Å². The molecule has 0 heterocycles. The molecule has 0 aliphatic rings. The van der Waals surface area contributed by atoms with Gasteiger partial charge in [0.15, 0.2) is 13.2 Å². The van der Waals surface area contributed by atoms with Crippen LogP contribution in [0.3, 0.4) is 0 Å². The second-order valence-corrected chi connectivity index (χ2v) is 3.90. The average Bonchev–Trinajstić information content (AvgIpc) is 2.37. The fraction of sp³-hybridized carbons (Fsp3) is 0.667. The van der Waals surface area contributed by atoms with E-state index in [1.54, 1.807) is 0 Å². The molecule has 0 saturated carbocycles. The van der Waals surface area contributed by atoms with Crippen LogP contribution in [0.5, 0.6) is 0 Å². The summed E-state index contributed by atoms with van der Waals surface area (Å²) in [6, 6.07) is 0. The van der Waals surface area contributed by atoms with E-state index in [0.29, 0.717) is 0 Å². The monoisotopic (exact) mass is 430 g/mol. The number of rotatable bonds is 6. The Kier molecular flexibility index (Phi) is 14.3. The first-order chi connectivity index (χ1) is 10.8. The molecular weight excluding hydrogens is 413 g/mol. The second-order valence-electron chi connectivity index (χ2n) is 3.90. The van der Waals surface area contributed by atoms with Crippen molar-refractivity contribution in [2.75, 3.05) is 13.2 Å². The summed E-state index contributed by atoms with van der Waals surface area (Å²) in [6.45, 7) is 3.11. The number of hydrogen-bond donors (Lipinski definition) is 0. The minimum atomic E-state index is -4.80. The van der Waals surface area contributed by atoms with E-state index >= 15 is 0 Å². The van der Waals surface area contributed by atoms with Crippen LogP contribution >= 0.6 is 0 Å². The van der Waals surface area contributed by atoms with Crippen molar-refractivity contribution in [3.63, 3.8) is 0 Å². The Labute approximate surface area is 148 Å². The van der Waals surface area contributed by atoms with Gasteiger partial charge < -0.3 is 19.1 Å². The molecule has 4 N–H and O–H groups in total. The molecule has 0 aromatic rings. The van der Waals surface area contributed by atoms with Crippen LogP contribution in [0.1, 0.15) is 26.7 Å². The molecular formula is C12H18F6NiO6+4. The Hall–Kier alpha value is -1.65. The van der Waals surface area contributed by atoms with Crippen molar-refractivity contribution in [3.05, 3.63) is 0 Å². The van der Waals surface area contributed by atoms with Crippen molar-refractivity contribution in [1.29, 1.82) is 0 Å². The van der Waals surface area contributed by atoms with Crippen LogP contribution in [-0.2, 0) is 26.0 Å². The maximum absolute atomic E-state index is 11.6. The van der Waals surface area contributed by atoms with Gasteiger partial charge in [-0.15, -0.1) is 0 Å². The zero-order valence-corrected chi connectivity index (χ0v) is 14.0. The summed E-state index contributed by atoms with van der Waals surface area (Å²) in [5.74, 6) is -5.22. The summed E-state index contributed by atoms with van der Waals surface area (Å²) in [4.78, 5) is 33.8. The van der Waals surface area contributed by atoms with E-state index in [2.05, 4.69) is 9.47 Å². The first-order valence-corrected chi connectivity index (χ1v) is 6.34. The molecule has 25 heavy (non-hydrogen) atoms. The van der Waals surface area contributed by atoms with Gasteiger partial charge in [-0.3, -0.25) is 9.59 Å². The normalized spacial score (nSPS) is 10.6. The Morgan fingerprint density at radius 2 is 0.920 bits per heavy atom. The van der Waals surface area contributed by atoms with E-state index in [1.807, 2.05) is 0 Å². The molecule has 13 heteroatoms. The fourth-order valence-electron chi connectivity index (χ4n) is 0.922. The zero-order valence-electron chi connectivity index (χ0n) is 13.0. The van der Waals surface area contributed by atoms with Gasteiger partial charge in [0.1, 0.15) is 0 Å². The van der Waals surface area contributed by atoms with Crippen LogP contribution < -0.4 is 0 Å². The maximum Gasteiger partial charge on any atom is 0.505 e. The molecule has 0 spiro atoms. The third kappa shape index (κ3) is 15.6. The average molecular weight is 431 g/mol. The van der Waals surface area contributed by atoms with Gasteiger partial charge in [-0.2, -0.15) is 26.3 Å². The molecule has 0 amide bonds. The molecule has 150 valence electrons. The van der Waals surface area contributed by atoms with Crippen molar-refractivity contribution in [3.8, 4) is 0 Å². The molecule has 0 fully saturated rings. The number of halogens is 6. The van der Waals surface area contributed by atoms with Gasteiger partial charge in [0.2, 0.25) is 12.8 Å². The Bertz CT molecular complexity index is 418. The molecule has 0 aromatic heterocycles. The Morgan fingerprint density at radius 3 is 1.08 bits per heavy atom. The van der Waals surface area contributed by atoms with E-state index in [0.717, 1.165) is 0 Å². The van der Waals surface area contributed by atoms with Crippen molar-refractivity contribution < 1.29 is 71.5 Å². The number of ether oxygens (including phenoxy) is 2. The summed E-state index contributed by atoms with van der Waals surface area (Å²) < 4.78 is 78.1. The Balaban J connectivity index is -0.000000372. The molecule has 0 aliphatic heterocycles. The summed E-state index contributed by atoms with van der Waals surface area (Å²) >= 11 is 0. The van der Waals surface area contributed by atoms with E-state index in [9.17, 15) is 26.3 Å². The van der Waals surface area contributed by atoms with Crippen molar-refractivity contribution in [2.24, 2.45) is 0 Å². The van der Waals surface area contributed by atoms with Crippen LogP contribution in [-0.4, -0.2) is 68.2 Å². The second kappa shape index (κ2) is 12.7. The van der Waals surface area contributed by atoms with Gasteiger partial charge in [-0.25, -0.2) is 0 Å². The molecule has 0 atom stereocenters. The van der Waals surface area contributed by atoms with Crippen LogP contribution in [0.25, 0.3) is 0 Å². The Morgan fingerprint density at radius 1 is 0.680 bits per heavy atom. The number of esters is 2. The summed E-state index contributed by atoms with van der Waals surface area (Å²) in [6.07, 6.45) is -11.6. The molecule has 0 aromatic carbocycles. The van der Waals surface area contributed by atoms with Gasteiger partial charge >= 0.3 is 35.9 Å². The quantitative estimate of drug-likeness (QED) is 0.211. The standard InChI is InChI=1S/2C6H7F3O3.Ni/c2*1-2-12-5(11)3-4(10)6(7,8)9;/h2*2-3H2,1H3;/p+4. The smallest absolute Gasteiger partial charge is 0.338 e. The zero-order chi connectivity index (χ0) is 19.6. The minimum Gasteiger partial charge on any atom is -0.338 e. The third-order valence-corrected chi connectivity index (χ3v) is 1.91. The topological polar surface area (TPSA) is 104 Å². The van der Waals surface area contributed by atoms with Gasteiger partial charge in [0, 0.05) is 16.5 Å². The molecule has 0 saturated heterocycles. The van der Waals surface area contributed by atoms with E-state index in [-0.39, 0.29) is 29.7 Å². The van der Waals surface area contributed by atoms with Crippen molar-refractivity contribution in [1.82, 2.24) is 0 Å². The van der Waals surface area contributed by atoms with Gasteiger partial charge in [-0.05, 0) is 13.8 Å². The molecule has 0 radical (unpaired) electrons. The first kappa shape index (κ1) is 28.2. The summed E-state index contributed by atoms with van der Waals surface area (Å²) in [5, 5.41) is 0. The number of carbonyl (C=O) groups excluding carboxylic acids is 4. The van der Waals surface area contributed by atoms with Crippen molar-refractivity contribution >= 4 is 23.5 Å². The molecule has 0 rings (SSSR count). The van der Waals surface area contributed by atoms with E-state index < -0.39 is 48.7 Å². The van der Waals surface area contributed by atoms with Gasteiger partial charge in [0.25, 0.3) is 0 Å². The van der Waals surface area contributed by atoms with Gasteiger partial charge in [0.05, 0.1) is 0 Å². The summed E-state index contributed by atoms with van der Waals surface area (Å²) in [5.41, 5.74) is 0. The van der Waals surface area contributed by atoms with Crippen LogP contribution in [0.4, 0.5) is 26.3 Å². The predicted molar refractivity (Wildman–Crippen MR) is 72.4 cm³/mol. The number of alkyl halides is 6. The van der Waals surface area contributed by atoms with E-state index in [4.69, 9.17) is 19.2 Å². The largest absolute Gasteiger partial charge is 0.505 e. The van der Waals surface area contributed by atoms with Crippen LogP contribution in [0, 0.1) is 0 Å². The van der Waals surface area contributed by atoms with Crippen LogP contribution in [0.2, 0.25) is 0 Å². The fourth-order valence-corrected chi connectivity index (χ4v) is 0.922. The first-order valence-electron chi connectivity index (χ1n) is 6.34. The number of ketones is 2. The predicted octanol–water partition coefficient (Wildman–Crippen LogP) is 2.04.